The van der Waals surface area contributed by atoms with E-state index >= 15 is 0 Å². The lowest BCUT2D eigenvalue weighted by molar-refractivity contribution is -0.185. The highest BCUT2D eigenvalue weighted by Gasteiger charge is 2.69. The highest BCUT2D eigenvalue weighted by atomic mass is 79.9. The lowest BCUT2D eigenvalue weighted by Crippen LogP contribution is -2.62. The molecule has 42 heavy (non-hydrogen) atoms. The van der Waals surface area contributed by atoms with Crippen LogP contribution in [0.3, 0.4) is 0 Å². The largest absolute Gasteiger partial charge is 0.481 e. The van der Waals surface area contributed by atoms with Crippen LogP contribution in [-0.4, -0.2) is 58.0 Å². The predicted octanol–water partition coefficient (Wildman–Crippen LogP) is 4.82. The van der Waals surface area contributed by atoms with E-state index < -0.39 is 53.8 Å². The number of halogens is 1. The van der Waals surface area contributed by atoms with Gasteiger partial charge in [0.15, 0.2) is 12.4 Å². The average molecular weight is 646 g/mol. The number of fused-ring (bicyclic) bond motifs is 5. The summed E-state index contributed by atoms with van der Waals surface area (Å²) in [7, 11) is 0. The Morgan fingerprint density at radius 3 is 2.43 bits per heavy atom. The van der Waals surface area contributed by atoms with E-state index in [1.807, 2.05) is 6.92 Å². The van der Waals surface area contributed by atoms with Crippen LogP contribution in [0.15, 0.2) is 40.4 Å². The zero-order valence-electron chi connectivity index (χ0n) is 23.9. The second kappa shape index (κ2) is 11.3. The maximum absolute atomic E-state index is 13.5. The van der Waals surface area contributed by atoms with Gasteiger partial charge in [0.1, 0.15) is 11.7 Å². The van der Waals surface area contributed by atoms with Gasteiger partial charge in [0, 0.05) is 22.2 Å². The van der Waals surface area contributed by atoms with Crippen molar-refractivity contribution >= 4 is 45.4 Å². The Hall–Kier alpha value is -2.85. The van der Waals surface area contributed by atoms with Crippen molar-refractivity contribution in [3.8, 4) is 0 Å². The van der Waals surface area contributed by atoms with Crippen LogP contribution in [0.1, 0.15) is 82.0 Å². The number of allylic oxidation sites excluding steroid dienone is 1. The van der Waals surface area contributed by atoms with Crippen molar-refractivity contribution in [2.24, 2.45) is 28.6 Å². The van der Waals surface area contributed by atoms with Gasteiger partial charge in [-0.1, -0.05) is 35.4 Å². The first-order chi connectivity index (χ1) is 19.8. The van der Waals surface area contributed by atoms with Crippen LogP contribution in [0.25, 0.3) is 0 Å². The third-order valence-electron chi connectivity index (χ3n) is 10.7. The number of ketones is 2. The van der Waals surface area contributed by atoms with Gasteiger partial charge in [-0.05, 0) is 86.1 Å². The Labute approximate surface area is 253 Å². The molecule has 9 nitrogen and oxygen atoms in total. The summed E-state index contributed by atoms with van der Waals surface area (Å²) in [6, 6.07) is 6.88. The number of hydrogen-bond donors (Lipinski definition) is 2. The molecule has 1 aromatic rings. The SMILES string of the molecule is C[C@]12CCC(=O)C=C1CC[C@@H]1[C@@H]2[C@H](OC(=O)c2ccc(Br)cc2)C[C@@]2(C)[C@H]1CC[C@]2(O)C(=O)COC(=O)CCC(=O)O. The molecule has 0 amide bonds. The fraction of sp³-hybridized carbons (Fsp3) is 0.594. The Kier molecular flexibility index (Phi) is 8.26. The molecule has 0 radical (unpaired) electrons. The number of carbonyl (C=O) groups is 5. The lowest BCUT2D eigenvalue weighted by atomic mass is 9.45. The van der Waals surface area contributed by atoms with E-state index in [4.69, 9.17) is 14.6 Å². The molecule has 3 saturated carbocycles. The Morgan fingerprint density at radius 1 is 1.02 bits per heavy atom. The predicted molar refractivity (Wildman–Crippen MR) is 153 cm³/mol. The maximum atomic E-state index is 13.5. The van der Waals surface area contributed by atoms with Crippen LogP contribution < -0.4 is 0 Å². The summed E-state index contributed by atoms with van der Waals surface area (Å²) >= 11 is 3.39. The average Bonchev–Trinajstić information content (AvgIpc) is 3.22. The standard InChI is InChI=1S/C32H37BrO9/c1-30-13-11-21(34)15-19(30)5-8-22-23-12-14-32(40,25(35)17-41-27(38)10-9-26(36)37)31(23,2)16-24(28(22)30)42-29(39)18-3-6-20(33)7-4-18/h3-4,6-7,15,22-24,28,40H,5,8-14,16-17H2,1-2H3,(H,36,37)/t22-,23-,24+,28+,30-,31-,32-/m0/s1. The maximum Gasteiger partial charge on any atom is 0.338 e. The van der Waals surface area contributed by atoms with Crippen molar-refractivity contribution in [1.29, 1.82) is 0 Å². The van der Waals surface area contributed by atoms with Crippen LogP contribution in [0, 0.1) is 28.6 Å². The van der Waals surface area contributed by atoms with E-state index in [9.17, 15) is 29.1 Å². The highest BCUT2D eigenvalue weighted by Crippen LogP contribution is 2.68. The summed E-state index contributed by atoms with van der Waals surface area (Å²) in [5, 5.41) is 20.8. The highest BCUT2D eigenvalue weighted by molar-refractivity contribution is 9.10. The summed E-state index contributed by atoms with van der Waals surface area (Å²) in [5.41, 5.74) is -1.63. The molecule has 7 atom stereocenters. The molecule has 5 rings (SSSR count). The molecule has 0 bridgehead atoms. The summed E-state index contributed by atoms with van der Waals surface area (Å²) in [5.74, 6) is -3.05. The van der Waals surface area contributed by atoms with Crippen LogP contribution >= 0.6 is 15.9 Å². The van der Waals surface area contributed by atoms with Gasteiger partial charge in [-0.3, -0.25) is 19.2 Å². The Morgan fingerprint density at radius 2 is 1.74 bits per heavy atom. The molecule has 4 aliphatic carbocycles. The van der Waals surface area contributed by atoms with E-state index in [2.05, 4.69) is 22.9 Å². The number of esters is 2. The molecular weight excluding hydrogens is 608 g/mol. The normalized spacial score (nSPS) is 35.2. The fourth-order valence-corrected chi connectivity index (χ4v) is 8.83. The van der Waals surface area contributed by atoms with E-state index in [0.29, 0.717) is 24.8 Å². The molecule has 226 valence electrons. The molecule has 3 fully saturated rings. The number of aliphatic carboxylic acids is 1. The number of hydrogen-bond acceptors (Lipinski definition) is 8. The molecular formula is C32H37BrO9. The minimum Gasteiger partial charge on any atom is -0.481 e. The Balaban J connectivity index is 1.45. The zero-order valence-corrected chi connectivity index (χ0v) is 25.5. The first-order valence-electron chi connectivity index (χ1n) is 14.6. The monoisotopic (exact) mass is 644 g/mol. The quantitative estimate of drug-likeness (QED) is 0.380. The van der Waals surface area contributed by atoms with Crippen molar-refractivity contribution in [2.75, 3.05) is 6.61 Å². The smallest absolute Gasteiger partial charge is 0.338 e. The van der Waals surface area contributed by atoms with Gasteiger partial charge in [-0.15, -0.1) is 0 Å². The lowest BCUT2D eigenvalue weighted by Gasteiger charge is -2.60. The number of carbonyl (C=O) groups excluding carboxylic acids is 4. The van der Waals surface area contributed by atoms with E-state index in [1.165, 1.54) is 0 Å². The molecule has 2 N–H and O–H groups in total. The molecule has 1 aromatic carbocycles. The second-order valence-corrected chi connectivity index (χ2v) is 13.8. The van der Waals surface area contributed by atoms with Crippen molar-refractivity contribution in [2.45, 2.75) is 83.3 Å². The van der Waals surface area contributed by atoms with E-state index in [1.54, 1.807) is 30.3 Å². The number of carboxylic acids is 1. The first kappa shape index (κ1) is 30.6. The van der Waals surface area contributed by atoms with Crippen LogP contribution in [0.4, 0.5) is 0 Å². The summed E-state index contributed by atoms with van der Waals surface area (Å²) < 4.78 is 12.2. The topological polar surface area (TPSA) is 144 Å². The van der Waals surface area contributed by atoms with Gasteiger partial charge in [0.2, 0.25) is 5.78 Å². The van der Waals surface area contributed by atoms with Gasteiger partial charge in [0.25, 0.3) is 0 Å². The fourth-order valence-electron chi connectivity index (χ4n) is 8.56. The summed E-state index contributed by atoms with van der Waals surface area (Å²) in [6.45, 7) is 3.39. The van der Waals surface area contributed by atoms with Gasteiger partial charge < -0.3 is 19.7 Å². The molecule has 10 heteroatoms. The minimum atomic E-state index is -1.81. The van der Waals surface area contributed by atoms with E-state index in [0.717, 1.165) is 22.9 Å². The number of rotatable bonds is 8. The van der Waals surface area contributed by atoms with Crippen LogP contribution in [0.2, 0.25) is 0 Å². The number of carboxylic acid groups (broad SMARTS) is 1. The van der Waals surface area contributed by atoms with Crippen molar-refractivity contribution in [3.63, 3.8) is 0 Å². The van der Waals surface area contributed by atoms with Crippen molar-refractivity contribution < 1.29 is 43.7 Å². The number of aliphatic hydroxyl groups is 1. The van der Waals surface area contributed by atoms with Gasteiger partial charge >= 0.3 is 17.9 Å². The zero-order chi connectivity index (χ0) is 30.4. The summed E-state index contributed by atoms with van der Waals surface area (Å²) in [6.07, 6.45) is 3.96. The molecule has 0 saturated heterocycles. The summed E-state index contributed by atoms with van der Waals surface area (Å²) in [4.78, 5) is 62.2. The van der Waals surface area contributed by atoms with Gasteiger partial charge in [-0.2, -0.15) is 0 Å². The third kappa shape index (κ3) is 5.25. The van der Waals surface area contributed by atoms with E-state index in [-0.39, 0.29) is 48.2 Å². The number of ether oxygens (including phenoxy) is 2. The van der Waals surface area contributed by atoms with Crippen molar-refractivity contribution in [3.05, 3.63) is 46.0 Å². The number of Topliss-reactive ketones (excluding diaryl/α,β-unsaturated/α-hetero) is 1. The van der Waals surface area contributed by atoms with Crippen molar-refractivity contribution in [1.82, 2.24) is 0 Å². The van der Waals surface area contributed by atoms with Crippen LogP contribution in [-0.2, 0) is 28.7 Å². The number of benzene rings is 1. The van der Waals surface area contributed by atoms with Crippen LogP contribution in [0.5, 0.6) is 0 Å². The molecule has 0 aliphatic heterocycles. The Bertz CT molecular complexity index is 1340. The molecule has 4 aliphatic rings. The molecule has 0 heterocycles. The minimum absolute atomic E-state index is 0.0433. The first-order valence-corrected chi connectivity index (χ1v) is 15.4. The second-order valence-electron chi connectivity index (χ2n) is 12.8. The van der Waals surface area contributed by atoms with Gasteiger partial charge in [-0.25, -0.2) is 4.79 Å². The van der Waals surface area contributed by atoms with Gasteiger partial charge in [0.05, 0.1) is 18.4 Å². The third-order valence-corrected chi connectivity index (χ3v) is 11.3. The molecule has 0 unspecified atom stereocenters. The molecule has 0 spiro atoms. The molecule has 0 aromatic heterocycles.